The zero-order valence-corrected chi connectivity index (χ0v) is 17.3. The van der Waals surface area contributed by atoms with Gasteiger partial charge >= 0.3 is 0 Å². The molecule has 1 fully saturated rings. The second kappa shape index (κ2) is 9.59. The van der Waals surface area contributed by atoms with Crippen LogP contribution < -0.4 is 0 Å². The zero-order valence-electron chi connectivity index (χ0n) is 15.6. The van der Waals surface area contributed by atoms with Crippen molar-refractivity contribution in [3.63, 3.8) is 0 Å². The summed E-state index contributed by atoms with van der Waals surface area (Å²) in [6.07, 6.45) is 2.13. The highest BCUT2D eigenvalue weighted by Crippen LogP contribution is 2.35. The third-order valence-electron chi connectivity index (χ3n) is 4.18. The van der Waals surface area contributed by atoms with Gasteiger partial charge in [0.2, 0.25) is 5.91 Å². The minimum absolute atomic E-state index is 0.125. The van der Waals surface area contributed by atoms with E-state index in [9.17, 15) is 19.8 Å². The van der Waals surface area contributed by atoms with Crippen LogP contribution >= 0.6 is 21.6 Å². The van der Waals surface area contributed by atoms with Crippen LogP contribution in [0.4, 0.5) is 0 Å². The predicted octanol–water partition coefficient (Wildman–Crippen LogP) is 2.49. The Hall–Kier alpha value is -0.540. The molecule has 0 radical (unpaired) electrons. The molecule has 0 aromatic rings. The molecule has 0 aliphatic carbocycles. The van der Waals surface area contributed by atoms with Crippen LogP contribution in [0.5, 0.6) is 0 Å². The van der Waals surface area contributed by atoms with Crippen molar-refractivity contribution in [2.75, 3.05) is 12.4 Å². The molecule has 148 valence electrons. The summed E-state index contributed by atoms with van der Waals surface area (Å²) < 4.78 is 5.79. The fourth-order valence-electron chi connectivity index (χ4n) is 2.85. The lowest BCUT2D eigenvalue weighted by Crippen LogP contribution is -2.41. The topological polar surface area (TPSA) is 87.1 Å². The van der Waals surface area contributed by atoms with Crippen molar-refractivity contribution in [3.8, 4) is 0 Å². The number of ether oxygens (including phenoxy) is 1. The number of carbonyl (C=O) groups is 2. The molecule has 0 spiro atoms. The molecular formula is C18H29NO5S2. The lowest BCUT2D eigenvalue weighted by atomic mass is 9.99. The molecule has 26 heavy (non-hydrogen) atoms. The molecule has 8 heteroatoms. The third-order valence-corrected chi connectivity index (χ3v) is 7.61. The van der Waals surface area contributed by atoms with Crippen LogP contribution in [-0.4, -0.2) is 62.3 Å². The molecule has 0 bridgehead atoms. The number of hydrogen-bond donors (Lipinski definition) is 2. The number of carbonyl (C=O) groups excluding carboxylic acids is 2. The number of aliphatic hydroxyl groups is 2. The largest absolute Gasteiger partial charge is 0.394 e. The Morgan fingerprint density at radius 2 is 2.04 bits per heavy atom. The van der Waals surface area contributed by atoms with Crippen LogP contribution in [0, 0.1) is 0 Å². The van der Waals surface area contributed by atoms with E-state index in [4.69, 9.17) is 4.74 Å². The molecular weight excluding hydrogens is 374 g/mol. The summed E-state index contributed by atoms with van der Waals surface area (Å²) in [6.45, 7) is 6.26. The minimum Gasteiger partial charge on any atom is -0.394 e. The van der Waals surface area contributed by atoms with Gasteiger partial charge in [0, 0.05) is 28.7 Å². The van der Waals surface area contributed by atoms with Crippen molar-refractivity contribution in [1.82, 2.24) is 4.90 Å². The third kappa shape index (κ3) is 6.27. The maximum Gasteiger partial charge on any atom is 0.236 e. The first-order valence-corrected chi connectivity index (χ1v) is 11.3. The summed E-state index contributed by atoms with van der Waals surface area (Å²) in [5.41, 5.74) is 0.642. The number of hydrogen-bond acceptors (Lipinski definition) is 7. The van der Waals surface area contributed by atoms with E-state index in [2.05, 4.69) is 20.8 Å². The van der Waals surface area contributed by atoms with Crippen LogP contribution in [0.1, 0.15) is 52.9 Å². The van der Waals surface area contributed by atoms with E-state index in [1.54, 1.807) is 6.20 Å². The first-order chi connectivity index (χ1) is 12.2. The van der Waals surface area contributed by atoms with Gasteiger partial charge in [-0.05, 0) is 19.3 Å². The lowest BCUT2D eigenvalue weighted by Gasteiger charge is -2.29. The van der Waals surface area contributed by atoms with E-state index < -0.39 is 18.4 Å². The Labute approximate surface area is 163 Å². The van der Waals surface area contributed by atoms with Gasteiger partial charge in [-0.1, -0.05) is 42.4 Å². The number of unbranched alkanes of at least 4 members (excludes halogenated alkanes) is 1. The summed E-state index contributed by atoms with van der Waals surface area (Å²) in [7, 11) is 3.71. The monoisotopic (exact) mass is 403 g/mol. The molecule has 2 N–H and O–H groups in total. The fourth-order valence-corrected chi connectivity index (χ4v) is 5.27. The second-order valence-electron chi connectivity index (χ2n) is 7.64. The predicted molar refractivity (Wildman–Crippen MR) is 105 cm³/mol. The van der Waals surface area contributed by atoms with Gasteiger partial charge in [-0.3, -0.25) is 14.5 Å². The highest BCUT2D eigenvalue weighted by atomic mass is 33.1. The SMILES string of the molecule is CC(C)(C)SSCCCCC1=CN(C2CC(O)C(CO)O2)C(=O)CC1=O. The van der Waals surface area contributed by atoms with Crippen LogP contribution in [0.25, 0.3) is 0 Å². The Morgan fingerprint density at radius 1 is 1.31 bits per heavy atom. The number of nitrogens with zero attached hydrogens (tertiary/aromatic N) is 1. The van der Waals surface area contributed by atoms with Gasteiger partial charge in [-0.25, -0.2) is 0 Å². The van der Waals surface area contributed by atoms with Crippen LogP contribution in [0.2, 0.25) is 0 Å². The Bertz CT molecular complexity index is 546. The smallest absolute Gasteiger partial charge is 0.236 e. The van der Waals surface area contributed by atoms with Gasteiger partial charge in [-0.2, -0.15) is 0 Å². The molecule has 1 amide bonds. The average molecular weight is 404 g/mol. The maximum absolute atomic E-state index is 12.2. The van der Waals surface area contributed by atoms with E-state index in [0.717, 1.165) is 18.6 Å². The first kappa shape index (κ1) is 21.8. The Morgan fingerprint density at radius 3 is 2.65 bits per heavy atom. The molecule has 6 nitrogen and oxygen atoms in total. The van der Waals surface area contributed by atoms with Crippen molar-refractivity contribution >= 4 is 33.3 Å². The summed E-state index contributed by atoms with van der Waals surface area (Å²) in [6, 6.07) is 0. The van der Waals surface area contributed by atoms with Crippen LogP contribution in [0.3, 0.4) is 0 Å². The maximum atomic E-state index is 12.2. The number of allylic oxidation sites excluding steroid dienone is 1. The minimum atomic E-state index is -0.801. The second-order valence-corrected chi connectivity index (χ2v) is 10.9. The fraction of sp³-hybridized carbons (Fsp3) is 0.778. The highest BCUT2D eigenvalue weighted by molar-refractivity contribution is 8.77. The Balaban J connectivity index is 1.85. The van der Waals surface area contributed by atoms with Gasteiger partial charge < -0.3 is 14.9 Å². The van der Waals surface area contributed by atoms with Crippen LogP contribution in [-0.2, 0) is 14.3 Å². The molecule has 0 aromatic heterocycles. The summed E-state index contributed by atoms with van der Waals surface area (Å²) in [4.78, 5) is 25.7. The highest BCUT2D eigenvalue weighted by Gasteiger charge is 2.40. The molecule has 2 aliphatic heterocycles. The quantitative estimate of drug-likeness (QED) is 0.366. The molecule has 3 atom stereocenters. The van der Waals surface area contributed by atoms with Crippen molar-refractivity contribution < 1.29 is 24.5 Å². The van der Waals surface area contributed by atoms with E-state index in [-0.39, 0.29) is 35.9 Å². The van der Waals surface area contributed by atoms with Gasteiger partial charge in [0.25, 0.3) is 0 Å². The molecule has 2 heterocycles. The molecule has 2 aliphatic rings. The van der Waals surface area contributed by atoms with E-state index in [1.807, 2.05) is 21.6 Å². The summed E-state index contributed by atoms with van der Waals surface area (Å²) in [5, 5.41) is 19.0. The number of rotatable bonds is 8. The molecule has 2 rings (SSSR count). The molecule has 0 saturated carbocycles. The number of ketones is 1. The molecule has 3 unspecified atom stereocenters. The van der Waals surface area contributed by atoms with Gasteiger partial charge in [0.1, 0.15) is 12.3 Å². The number of aliphatic hydroxyl groups excluding tert-OH is 2. The number of amides is 1. The van der Waals surface area contributed by atoms with Crippen molar-refractivity contribution in [2.24, 2.45) is 0 Å². The van der Waals surface area contributed by atoms with Crippen molar-refractivity contribution in [3.05, 3.63) is 11.8 Å². The van der Waals surface area contributed by atoms with Crippen molar-refractivity contribution in [1.29, 1.82) is 0 Å². The molecule has 0 aromatic carbocycles. The summed E-state index contributed by atoms with van der Waals surface area (Å²) in [5.74, 6) is 0.592. The van der Waals surface area contributed by atoms with Gasteiger partial charge in [-0.15, -0.1) is 0 Å². The molecule has 1 saturated heterocycles. The zero-order chi connectivity index (χ0) is 19.3. The van der Waals surface area contributed by atoms with Crippen LogP contribution in [0.15, 0.2) is 11.8 Å². The van der Waals surface area contributed by atoms with Crippen molar-refractivity contribution in [2.45, 2.75) is 76.1 Å². The normalized spacial score (nSPS) is 27.2. The standard InChI is InChI=1S/C18H29NO5S2/c1-18(2,3)26-25-7-5-4-6-12-10-19(16(23)8-13(12)21)17-9-14(22)15(11-20)24-17/h10,14-15,17,20,22H,4-9,11H2,1-3H3. The van der Waals surface area contributed by atoms with E-state index in [0.29, 0.717) is 12.0 Å². The number of Topliss-reactive ketones (excluding diaryl/α,β-unsaturated/α-hetero) is 1. The lowest BCUT2D eigenvalue weighted by molar-refractivity contribution is -0.144. The Kier molecular flexibility index (Phi) is 8.03. The van der Waals surface area contributed by atoms with Gasteiger partial charge in [0.05, 0.1) is 19.1 Å². The summed E-state index contributed by atoms with van der Waals surface area (Å²) >= 11 is 0. The van der Waals surface area contributed by atoms with E-state index >= 15 is 0 Å². The van der Waals surface area contributed by atoms with Gasteiger partial charge in [0.15, 0.2) is 5.78 Å². The average Bonchev–Trinajstić information content (AvgIpc) is 2.92. The first-order valence-electron chi connectivity index (χ1n) is 9.01. The van der Waals surface area contributed by atoms with E-state index in [1.165, 1.54) is 4.90 Å².